The van der Waals surface area contributed by atoms with Crippen molar-refractivity contribution in [1.82, 2.24) is 5.32 Å². The molecule has 0 bridgehead atoms. The molecule has 21 heavy (non-hydrogen) atoms. The first kappa shape index (κ1) is 15.2. The maximum absolute atomic E-state index is 9.91. The first-order valence-electron chi connectivity index (χ1n) is 6.93. The summed E-state index contributed by atoms with van der Waals surface area (Å²) in [6.45, 7) is 3.98. The Morgan fingerprint density at radius 3 is 2.33 bits per heavy atom. The summed E-state index contributed by atoms with van der Waals surface area (Å²) < 4.78 is 5.37. The number of hydrogen-bond donors (Lipinski definition) is 3. The number of ether oxygens (including phenoxy) is 1. The largest absolute Gasteiger partial charge is 0.508 e. The Bertz CT molecular complexity index is 613. The van der Waals surface area contributed by atoms with Crippen molar-refractivity contribution in [1.29, 1.82) is 0 Å². The van der Waals surface area contributed by atoms with Gasteiger partial charge in [0.05, 0.1) is 7.11 Å². The number of phenols is 2. The summed E-state index contributed by atoms with van der Waals surface area (Å²) >= 11 is 0. The van der Waals surface area contributed by atoms with Gasteiger partial charge in [0.25, 0.3) is 0 Å². The highest BCUT2D eigenvalue weighted by Gasteiger charge is 2.17. The molecule has 2 aromatic carbocycles. The van der Waals surface area contributed by atoms with Gasteiger partial charge in [-0.1, -0.05) is 18.2 Å². The second-order valence-corrected chi connectivity index (χ2v) is 5.10. The molecular formula is C17H21NO3. The van der Waals surface area contributed by atoms with E-state index >= 15 is 0 Å². The summed E-state index contributed by atoms with van der Waals surface area (Å²) in [7, 11) is 1.65. The lowest BCUT2D eigenvalue weighted by Crippen LogP contribution is -2.23. The van der Waals surface area contributed by atoms with Crippen molar-refractivity contribution in [2.24, 2.45) is 0 Å². The SMILES string of the molecule is COc1ccccc1[C@H](C)NC(C)c1cc(O)ccc1O. The molecule has 0 saturated carbocycles. The van der Waals surface area contributed by atoms with Gasteiger partial charge in [-0.25, -0.2) is 0 Å². The van der Waals surface area contributed by atoms with Crippen molar-refractivity contribution < 1.29 is 14.9 Å². The summed E-state index contributed by atoms with van der Waals surface area (Å²) in [4.78, 5) is 0. The molecule has 0 radical (unpaired) electrons. The first-order chi connectivity index (χ1) is 10.0. The molecule has 2 atom stereocenters. The van der Waals surface area contributed by atoms with E-state index in [1.807, 2.05) is 38.1 Å². The van der Waals surface area contributed by atoms with E-state index in [0.29, 0.717) is 5.56 Å². The van der Waals surface area contributed by atoms with E-state index in [-0.39, 0.29) is 23.6 Å². The summed E-state index contributed by atoms with van der Waals surface area (Å²) in [6, 6.07) is 12.3. The lowest BCUT2D eigenvalue weighted by molar-refractivity contribution is 0.393. The van der Waals surface area contributed by atoms with Crippen LogP contribution in [0.3, 0.4) is 0 Å². The molecule has 0 spiro atoms. The Labute approximate surface area is 125 Å². The van der Waals surface area contributed by atoms with Gasteiger partial charge in [-0.15, -0.1) is 0 Å². The molecule has 0 heterocycles. The van der Waals surface area contributed by atoms with Gasteiger partial charge >= 0.3 is 0 Å². The highest BCUT2D eigenvalue weighted by molar-refractivity contribution is 5.41. The number of para-hydroxylation sites is 1. The Balaban J connectivity index is 2.18. The fourth-order valence-electron chi connectivity index (χ4n) is 2.47. The van der Waals surface area contributed by atoms with Crippen molar-refractivity contribution in [3.63, 3.8) is 0 Å². The van der Waals surface area contributed by atoms with Crippen LogP contribution in [-0.4, -0.2) is 17.3 Å². The van der Waals surface area contributed by atoms with Crippen LogP contribution in [-0.2, 0) is 0 Å². The molecule has 0 aliphatic heterocycles. The van der Waals surface area contributed by atoms with Gasteiger partial charge in [-0.2, -0.15) is 0 Å². The zero-order valence-corrected chi connectivity index (χ0v) is 12.5. The minimum absolute atomic E-state index is 0.0397. The number of benzene rings is 2. The Kier molecular flexibility index (Phi) is 4.70. The molecule has 112 valence electrons. The lowest BCUT2D eigenvalue weighted by Gasteiger charge is -2.23. The Hall–Kier alpha value is -2.20. The third-order valence-corrected chi connectivity index (χ3v) is 3.58. The standard InChI is InChI=1S/C17H21NO3/c1-11(14-6-4-5-7-17(14)21-3)18-12(2)15-10-13(19)8-9-16(15)20/h4-12,18-20H,1-3H3/t11-,12?/m0/s1. The van der Waals surface area contributed by atoms with Crippen molar-refractivity contribution in [3.05, 3.63) is 53.6 Å². The van der Waals surface area contributed by atoms with Crippen LogP contribution in [0.5, 0.6) is 17.2 Å². The van der Waals surface area contributed by atoms with Gasteiger partial charge in [-0.3, -0.25) is 0 Å². The van der Waals surface area contributed by atoms with Gasteiger partial charge in [0.1, 0.15) is 17.2 Å². The first-order valence-corrected chi connectivity index (χ1v) is 6.93. The van der Waals surface area contributed by atoms with Gasteiger partial charge in [0.15, 0.2) is 0 Å². The van der Waals surface area contributed by atoms with E-state index in [0.717, 1.165) is 11.3 Å². The summed E-state index contributed by atoms with van der Waals surface area (Å²) in [5.74, 6) is 1.13. The molecule has 0 aliphatic rings. The van der Waals surface area contributed by atoms with Gasteiger partial charge in [0.2, 0.25) is 0 Å². The van der Waals surface area contributed by atoms with E-state index in [1.54, 1.807) is 13.2 Å². The van der Waals surface area contributed by atoms with Crippen LogP contribution < -0.4 is 10.1 Å². The molecule has 0 aliphatic carbocycles. The molecule has 0 amide bonds. The summed E-state index contributed by atoms with van der Waals surface area (Å²) in [6.07, 6.45) is 0. The predicted molar refractivity (Wildman–Crippen MR) is 82.7 cm³/mol. The van der Waals surface area contributed by atoms with E-state index in [9.17, 15) is 10.2 Å². The average molecular weight is 287 g/mol. The molecule has 0 aromatic heterocycles. The van der Waals surface area contributed by atoms with Gasteiger partial charge in [-0.05, 0) is 38.1 Å². The molecule has 1 unspecified atom stereocenters. The quantitative estimate of drug-likeness (QED) is 0.736. The zero-order valence-electron chi connectivity index (χ0n) is 12.5. The van der Waals surface area contributed by atoms with Crippen LogP contribution in [0, 0.1) is 0 Å². The predicted octanol–water partition coefficient (Wildman–Crippen LogP) is 3.52. The molecule has 4 heteroatoms. The highest BCUT2D eigenvalue weighted by Crippen LogP contribution is 2.31. The van der Waals surface area contributed by atoms with E-state index < -0.39 is 0 Å². The molecule has 3 N–H and O–H groups in total. The summed E-state index contributed by atoms with van der Waals surface area (Å²) in [5.41, 5.74) is 1.71. The van der Waals surface area contributed by atoms with Crippen LogP contribution in [0.15, 0.2) is 42.5 Å². The van der Waals surface area contributed by atoms with Crippen molar-refractivity contribution in [2.45, 2.75) is 25.9 Å². The fraction of sp³-hybridized carbons (Fsp3) is 0.294. The van der Waals surface area contributed by atoms with Gasteiger partial charge in [0, 0.05) is 23.2 Å². The number of phenolic OH excluding ortho intramolecular Hbond substituents is 2. The number of methoxy groups -OCH3 is 1. The van der Waals surface area contributed by atoms with Gasteiger partial charge < -0.3 is 20.3 Å². The van der Waals surface area contributed by atoms with E-state index in [2.05, 4.69) is 5.32 Å². The molecule has 0 saturated heterocycles. The topological polar surface area (TPSA) is 61.7 Å². The van der Waals surface area contributed by atoms with E-state index in [1.165, 1.54) is 12.1 Å². The zero-order chi connectivity index (χ0) is 15.4. The molecule has 2 aromatic rings. The normalized spacial score (nSPS) is 13.7. The van der Waals surface area contributed by atoms with Crippen LogP contribution in [0.4, 0.5) is 0 Å². The third-order valence-electron chi connectivity index (χ3n) is 3.58. The maximum atomic E-state index is 9.91. The van der Waals surface area contributed by atoms with Crippen molar-refractivity contribution >= 4 is 0 Å². The molecule has 4 nitrogen and oxygen atoms in total. The fourth-order valence-corrected chi connectivity index (χ4v) is 2.47. The van der Waals surface area contributed by atoms with Crippen molar-refractivity contribution in [3.8, 4) is 17.2 Å². The van der Waals surface area contributed by atoms with Crippen molar-refractivity contribution in [2.75, 3.05) is 7.11 Å². The molecule has 0 fully saturated rings. The Morgan fingerprint density at radius 1 is 0.952 bits per heavy atom. The van der Waals surface area contributed by atoms with Crippen LogP contribution in [0.2, 0.25) is 0 Å². The number of nitrogens with one attached hydrogen (secondary N) is 1. The monoisotopic (exact) mass is 287 g/mol. The van der Waals surface area contributed by atoms with E-state index in [4.69, 9.17) is 4.74 Å². The highest BCUT2D eigenvalue weighted by atomic mass is 16.5. The number of rotatable bonds is 5. The second kappa shape index (κ2) is 6.50. The minimum atomic E-state index is -0.114. The molecular weight excluding hydrogens is 266 g/mol. The second-order valence-electron chi connectivity index (χ2n) is 5.10. The minimum Gasteiger partial charge on any atom is -0.508 e. The third kappa shape index (κ3) is 3.47. The molecule has 2 rings (SSSR count). The van der Waals surface area contributed by atoms with Crippen LogP contribution in [0.25, 0.3) is 0 Å². The Morgan fingerprint density at radius 2 is 1.62 bits per heavy atom. The number of hydrogen-bond acceptors (Lipinski definition) is 4. The van der Waals surface area contributed by atoms with Crippen LogP contribution >= 0.6 is 0 Å². The number of aromatic hydroxyl groups is 2. The van der Waals surface area contributed by atoms with Crippen LogP contribution in [0.1, 0.15) is 37.1 Å². The average Bonchev–Trinajstić information content (AvgIpc) is 2.49. The maximum Gasteiger partial charge on any atom is 0.123 e. The smallest absolute Gasteiger partial charge is 0.123 e. The lowest BCUT2D eigenvalue weighted by atomic mass is 10.0. The summed E-state index contributed by atoms with van der Waals surface area (Å²) in [5, 5.41) is 22.9.